The molecule has 0 radical (unpaired) electrons. The molecule has 1 aliphatic heterocycles. The molecule has 1 N–H and O–H groups in total. The molecule has 2 heterocycles. The molecule has 2 amide bonds. The number of carbonyl (C=O) groups excluding carboxylic acids is 2. The van der Waals surface area contributed by atoms with Crippen LogP contribution in [0.2, 0.25) is 0 Å². The van der Waals surface area contributed by atoms with Crippen LogP contribution in [-0.2, 0) is 4.79 Å². The Morgan fingerprint density at radius 3 is 2.77 bits per heavy atom. The van der Waals surface area contributed by atoms with Crippen molar-refractivity contribution in [3.05, 3.63) is 41.6 Å². The fourth-order valence-corrected chi connectivity index (χ4v) is 2.79. The van der Waals surface area contributed by atoms with Crippen molar-refractivity contribution in [2.45, 2.75) is 19.8 Å². The fourth-order valence-electron chi connectivity index (χ4n) is 2.79. The molecule has 3 rings (SSSR count). The summed E-state index contributed by atoms with van der Waals surface area (Å²) in [5.74, 6) is -0.245. The number of amides is 2. The number of fused-ring (bicyclic) bond motifs is 1. The van der Waals surface area contributed by atoms with Gasteiger partial charge in [0, 0.05) is 24.7 Å². The number of hydrogen-bond donors (Lipinski definition) is 1. The van der Waals surface area contributed by atoms with Crippen molar-refractivity contribution in [2.75, 3.05) is 19.6 Å². The van der Waals surface area contributed by atoms with E-state index in [1.807, 2.05) is 25.1 Å². The van der Waals surface area contributed by atoms with Crippen LogP contribution in [0.25, 0.3) is 10.9 Å². The second kappa shape index (κ2) is 6.13. The average molecular weight is 297 g/mol. The first-order valence-electron chi connectivity index (χ1n) is 7.56. The van der Waals surface area contributed by atoms with Gasteiger partial charge in [0.15, 0.2) is 0 Å². The number of carbonyl (C=O) groups is 2. The highest BCUT2D eigenvalue weighted by molar-refractivity contribution is 6.06. The normalized spacial score (nSPS) is 14.3. The minimum absolute atomic E-state index is 0.0135. The van der Waals surface area contributed by atoms with Crippen LogP contribution in [0.3, 0.4) is 0 Å². The van der Waals surface area contributed by atoms with Crippen molar-refractivity contribution in [1.29, 1.82) is 0 Å². The van der Waals surface area contributed by atoms with Gasteiger partial charge in [0.25, 0.3) is 5.91 Å². The predicted octanol–water partition coefficient (Wildman–Crippen LogP) is 1.90. The second-order valence-electron chi connectivity index (χ2n) is 5.65. The van der Waals surface area contributed by atoms with Gasteiger partial charge in [-0.25, -0.2) is 0 Å². The lowest BCUT2D eigenvalue weighted by Gasteiger charge is -2.15. The van der Waals surface area contributed by atoms with E-state index in [-0.39, 0.29) is 18.4 Å². The zero-order valence-electron chi connectivity index (χ0n) is 12.6. The molecule has 0 atom stereocenters. The van der Waals surface area contributed by atoms with Crippen LogP contribution in [0, 0.1) is 6.92 Å². The Labute approximate surface area is 129 Å². The molecule has 0 aliphatic carbocycles. The second-order valence-corrected chi connectivity index (χ2v) is 5.65. The Morgan fingerprint density at radius 2 is 2.00 bits per heavy atom. The molecule has 5 nitrogen and oxygen atoms in total. The Morgan fingerprint density at radius 1 is 1.23 bits per heavy atom. The Hall–Kier alpha value is -2.43. The van der Waals surface area contributed by atoms with Crippen LogP contribution in [-0.4, -0.2) is 41.3 Å². The van der Waals surface area contributed by atoms with Crippen LogP contribution >= 0.6 is 0 Å². The number of nitrogens with zero attached hydrogens (tertiary/aromatic N) is 2. The SMILES string of the molecule is Cc1ccc2nccc(C(=O)NCC(=O)N3CCCC3)c2c1. The zero-order chi connectivity index (χ0) is 15.5. The van der Waals surface area contributed by atoms with Gasteiger partial charge < -0.3 is 10.2 Å². The van der Waals surface area contributed by atoms with Gasteiger partial charge >= 0.3 is 0 Å². The van der Waals surface area contributed by atoms with E-state index in [9.17, 15) is 9.59 Å². The first-order chi connectivity index (χ1) is 10.6. The third-order valence-electron chi connectivity index (χ3n) is 4.00. The number of hydrogen-bond acceptors (Lipinski definition) is 3. The van der Waals surface area contributed by atoms with E-state index in [0.717, 1.165) is 42.4 Å². The van der Waals surface area contributed by atoms with E-state index in [1.54, 1.807) is 17.2 Å². The highest BCUT2D eigenvalue weighted by Crippen LogP contribution is 2.18. The van der Waals surface area contributed by atoms with Gasteiger partial charge in [0.1, 0.15) is 0 Å². The summed E-state index contributed by atoms with van der Waals surface area (Å²) in [6.45, 7) is 3.62. The van der Waals surface area contributed by atoms with Gasteiger partial charge in [-0.1, -0.05) is 11.6 Å². The van der Waals surface area contributed by atoms with Crippen molar-refractivity contribution in [2.24, 2.45) is 0 Å². The maximum atomic E-state index is 12.4. The quantitative estimate of drug-likeness (QED) is 0.941. The van der Waals surface area contributed by atoms with Crippen molar-refractivity contribution >= 4 is 22.7 Å². The lowest BCUT2D eigenvalue weighted by atomic mass is 10.1. The Balaban J connectivity index is 1.74. The van der Waals surface area contributed by atoms with E-state index >= 15 is 0 Å². The van der Waals surface area contributed by atoms with Crippen LogP contribution in [0.5, 0.6) is 0 Å². The minimum atomic E-state index is -0.231. The summed E-state index contributed by atoms with van der Waals surface area (Å²) in [5.41, 5.74) is 2.41. The topological polar surface area (TPSA) is 62.3 Å². The summed E-state index contributed by atoms with van der Waals surface area (Å²) >= 11 is 0. The lowest BCUT2D eigenvalue weighted by Crippen LogP contribution is -2.38. The summed E-state index contributed by atoms with van der Waals surface area (Å²) in [6.07, 6.45) is 3.72. The van der Waals surface area contributed by atoms with E-state index in [2.05, 4.69) is 10.3 Å². The molecule has 1 aliphatic rings. The number of aryl methyl sites for hydroxylation is 1. The molecule has 2 aromatic rings. The summed E-state index contributed by atoms with van der Waals surface area (Å²) in [7, 11) is 0. The Kier molecular flexibility index (Phi) is 4.04. The number of likely N-dealkylation sites (tertiary alicyclic amines) is 1. The molecule has 1 aromatic heterocycles. The van der Waals surface area contributed by atoms with Crippen molar-refractivity contribution in [3.8, 4) is 0 Å². The monoisotopic (exact) mass is 297 g/mol. The van der Waals surface area contributed by atoms with E-state index in [1.165, 1.54) is 0 Å². The summed E-state index contributed by atoms with van der Waals surface area (Å²) < 4.78 is 0. The summed E-state index contributed by atoms with van der Waals surface area (Å²) in [6, 6.07) is 7.50. The Bertz CT molecular complexity index is 721. The van der Waals surface area contributed by atoms with E-state index in [0.29, 0.717) is 5.56 Å². The van der Waals surface area contributed by atoms with Crippen LogP contribution in [0.4, 0.5) is 0 Å². The molecule has 5 heteroatoms. The van der Waals surface area contributed by atoms with Gasteiger partial charge in [-0.05, 0) is 38.0 Å². The van der Waals surface area contributed by atoms with Gasteiger partial charge in [-0.3, -0.25) is 14.6 Å². The first-order valence-corrected chi connectivity index (χ1v) is 7.56. The minimum Gasteiger partial charge on any atom is -0.343 e. The highest BCUT2D eigenvalue weighted by Gasteiger charge is 2.19. The zero-order valence-corrected chi connectivity index (χ0v) is 12.6. The van der Waals surface area contributed by atoms with Gasteiger partial charge in [0.2, 0.25) is 5.91 Å². The first kappa shape index (κ1) is 14.5. The third kappa shape index (κ3) is 2.93. The van der Waals surface area contributed by atoms with E-state index < -0.39 is 0 Å². The molecule has 0 saturated carbocycles. The molecule has 114 valence electrons. The average Bonchev–Trinajstić information content (AvgIpc) is 3.06. The van der Waals surface area contributed by atoms with Crippen molar-refractivity contribution in [1.82, 2.24) is 15.2 Å². The predicted molar refractivity (Wildman–Crippen MR) is 84.6 cm³/mol. The fraction of sp³-hybridized carbons (Fsp3) is 0.353. The van der Waals surface area contributed by atoms with Crippen molar-refractivity contribution < 1.29 is 9.59 Å². The number of rotatable bonds is 3. The molecule has 0 bridgehead atoms. The number of pyridine rings is 1. The summed E-state index contributed by atoms with van der Waals surface area (Å²) in [5, 5.41) is 3.54. The highest BCUT2D eigenvalue weighted by atomic mass is 16.2. The molecule has 1 aromatic carbocycles. The molecule has 22 heavy (non-hydrogen) atoms. The lowest BCUT2D eigenvalue weighted by molar-refractivity contribution is -0.129. The third-order valence-corrected chi connectivity index (χ3v) is 4.00. The van der Waals surface area contributed by atoms with Crippen LogP contribution in [0.15, 0.2) is 30.5 Å². The van der Waals surface area contributed by atoms with Crippen molar-refractivity contribution in [3.63, 3.8) is 0 Å². The summed E-state index contributed by atoms with van der Waals surface area (Å²) in [4.78, 5) is 30.4. The smallest absolute Gasteiger partial charge is 0.252 e. The standard InChI is InChI=1S/C17H19N3O2/c1-12-4-5-15-14(10-12)13(6-7-18-15)17(22)19-11-16(21)20-8-2-3-9-20/h4-7,10H,2-3,8-9,11H2,1H3,(H,19,22). The number of aromatic nitrogens is 1. The van der Waals surface area contributed by atoms with Gasteiger partial charge in [0.05, 0.1) is 17.6 Å². The molecule has 0 spiro atoms. The van der Waals surface area contributed by atoms with E-state index in [4.69, 9.17) is 0 Å². The number of nitrogens with one attached hydrogen (secondary N) is 1. The molecule has 1 saturated heterocycles. The molecule has 1 fully saturated rings. The van der Waals surface area contributed by atoms with Crippen LogP contribution < -0.4 is 5.32 Å². The molecular formula is C17H19N3O2. The van der Waals surface area contributed by atoms with Gasteiger partial charge in [-0.15, -0.1) is 0 Å². The largest absolute Gasteiger partial charge is 0.343 e. The van der Waals surface area contributed by atoms with Gasteiger partial charge in [-0.2, -0.15) is 0 Å². The number of benzene rings is 1. The molecular weight excluding hydrogens is 278 g/mol. The maximum absolute atomic E-state index is 12.4. The van der Waals surface area contributed by atoms with Crippen LogP contribution in [0.1, 0.15) is 28.8 Å². The molecule has 0 unspecified atom stereocenters. The maximum Gasteiger partial charge on any atom is 0.252 e.